The van der Waals surface area contributed by atoms with Crippen molar-refractivity contribution in [2.45, 2.75) is 18.9 Å². The number of carboxylic acid groups (broad SMARTS) is 1. The second kappa shape index (κ2) is 6.67. The minimum absolute atomic E-state index is 0.0854. The molecule has 0 amide bonds. The first-order valence-electron chi connectivity index (χ1n) is 5.79. The molecule has 0 aliphatic rings. The van der Waals surface area contributed by atoms with Crippen molar-refractivity contribution >= 4 is 27.6 Å². The molecular formula is C12H15BrN2O5. The number of nitro groups is 1. The Morgan fingerprint density at radius 2 is 2.25 bits per heavy atom. The second-order valence-corrected chi connectivity index (χ2v) is 5.21. The Morgan fingerprint density at radius 3 is 2.75 bits per heavy atom. The number of benzene rings is 1. The number of nitro benzene ring substituents is 1. The van der Waals surface area contributed by atoms with Crippen molar-refractivity contribution in [1.29, 1.82) is 0 Å². The number of rotatable bonds is 7. The molecule has 1 atom stereocenters. The van der Waals surface area contributed by atoms with Gasteiger partial charge in [0.1, 0.15) is 11.3 Å². The van der Waals surface area contributed by atoms with Crippen LogP contribution in [-0.2, 0) is 4.79 Å². The summed E-state index contributed by atoms with van der Waals surface area (Å²) < 4.78 is 5.99. The zero-order valence-electron chi connectivity index (χ0n) is 11.1. The zero-order valence-corrected chi connectivity index (χ0v) is 12.6. The summed E-state index contributed by atoms with van der Waals surface area (Å²) in [5.41, 5.74) is -1.19. The molecule has 0 aliphatic carbocycles. The number of nitrogens with zero attached hydrogens (tertiary/aromatic N) is 1. The Labute approximate surface area is 124 Å². The number of ether oxygens (including phenoxy) is 1. The summed E-state index contributed by atoms with van der Waals surface area (Å²) in [6.07, 6.45) is 0.216. The van der Waals surface area contributed by atoms with Gasteiger partial charge in [-0.1, -0.05) is 0 Å². The van der Waals surface area contributed by atoms with E-state index in [0.717, 1.165) is 0 Å². The van der Waals surface area contributed by atoms with Gasteiger partial charge in [-0.05, 0) is 36.0 Å². The number of halogens is 1. The first-order chi connectivity index (χ1) is 9.30. The third kappa shape index (κ3) is 3.91. The molecule has 1 unspecified atom stereocenters. The van der Waals surface area contributed by atoms with Crippen LogP contribution in [-0.4, -0.2) is 35.2 Å². The molecule has 0 fully saturated rings. The second-order valence-electron chi connectivity index (χ2n) is 4.36. The standard InChI is InChI=1S/C12H15BrN2O5/c1-12(14-2,11(16)17)5-6-20-10-7-8(15(18)19)3-4-9(10)13/h3-4,7,14H,5-6H2,1-2H3,(H,16,17). The summed E-state index contributed by atoms with van der Waals surface area (Å²) in [6, 6.07) is 4.16. The molecule has 1 aromatic rings. The molecule has 0 bridgehead atoms. The number of carbonyl (C=O) groups is 1. The van der Waals surface area contributed by atoms with Crippen LogP contribution in [0.4, 0.5) is 5.69 Å². The van der Waals surface area contributed by atoms with Crippen molar-refractivity contribution in [3.05, 3.63) is 32.8 Å². The Bertz CT molecular complexity index is 523. The quantitative estimate of drug-likeness (QED) is 0.579. The average Bonchev–Trinajstić information content (AvgIpc) is 2.40. The molecule has 1 rings (SSSR count). The van der Waals surface area contributed by atoms with Gasteiger partial charge < -0.3 is 15.2 Å². The highest BCUT2D eigenvalue weighted by atomic mass is 79.9. The fourth-order valence-corrected chi connectivity index (χ4v) is 1.78. The van der Waals surface area contributed by atoms with E-state index < -0.39 is 16.4 Å². The van der Waals surface area contributed by atoms with Crippen molar-refractivity contribution in [1.82, 2.24) is 5.32 Å². The van der Waals surface area contributed by atoms with E-state index in [4.69, 9.17) is 9.84 Å². The first kappa shape index (κ1) is 16.4. The summed E-state index contributed by atoms with van der Waals surface area (Å²) in [4.78, 5) is 21.2. The van der Waals surface area contributed by atoms with E-state index in [-0.39, 0.29) is 18.7 Å². The molecule has 0 spiro atoms. The van der Waals surface area contributed by atoms with Gasteiger partial charge in [0, 0.05) is 12.5 Å². The van der Waals surface area contributed by atoms with Crippen LogP contribution in [0, 0.1) is 10.1 Å². The van der Waals surface area contributed by atoms with Gasteiger partial charge in [0.15, 0.2) is 0 Å². The van der Waals surface area contributed by atoms with E-state index in [0.29, 0.717) is 10.2 Å². The third-order valence-corrected chi connectivity index (χ3v) is 3.66. The summed E-state index contributed by atoms with van der Waals surface area (Å²) in [5.74, 6) is -0.676. The van der Waals surface area contributed by atoms with Gasteiger partial charge in [-0.2, -0.15) is 0 Å². The van der Waals surface area contributed by atoms with Gasteiger partial charge in [-0.15, -0.1) is 0 Å². The monoisotopic (exact) mass is 346 g/mol. The summed E-state index contributed by atoms with van der Waals surface area (Å²) in [5, 5.41) is 22.5. The van der Waals surface area contributed by atoms with E-state index in [1.54, 1.807) is 14.0 Å². The highest BCUT2D eigenvalue weighted by molar-refractivity contribution is 9.10. The fourth-order valence-electron chi connectivity index (χ4n) is 1.42. The number of carboxylic acids is 1. The lowest BCUT2D eigenvalue weighted by atomic mass is 9.99. The van der Waals surface area contributed by atoms with Crippen molar-refractivity contribution in [2.75, 3.05) is 13.7 Å². The Hall–Kier alpha value is -1.67. The maximum atomic E-state index is 11.1. The summed E-state index contributed by atoms with van der Waals surface area (Å²) in [6.45, 7) is 1.66. The minimum atomic E-state index is -1.10. The first-order valence-corrected chi connectivity index (χ1v) is 6.58. The minimum Gasteiger partial charge on any atom is -0.492 e. The molecule has 0 aliphatic heterocycles. The van der Waals surface area contributed by atoms with Crippen LogP contribution >= 0.6 is 15.9 Å². The molecule has 0 aromatic heterocycles. The van der Waals surface area contributed by atoms with Crippen LogP contribution in [0.5, 0.6) is 5.75 Å². The lowest BCUT2D eigenvalue weighted by Gasteiger charge is -2.24. The van der Waals surface area contributed by atoms with Gasteiger partial charge in [-0.3, -0.25) is 14.9 Å². The van der Waals surface area contributed by atoms with Crippen LogP contribution < -0.4 is 10.1 Å². The maximum Gasteiger partial charge on any atom is 0.323 e. The molecule has 0 radical (unpaired) electrons. The van der Waals surface area contributed by atoms with Gasteiger partial charge in [0.2, 0.25) is 0 Å². The predicted molar refractivity (Wildman–Crippen MR) is 76.0 cm³/mol. The molecule has 110 valence electrons. The fraction of sp³-hybridized carbons (Fsp3) is 0.417. The number of non-ortho nitro benzene ring substituents is 1. The Balaban J connectivity index is 2.73. The number of hydrogen-bond acceptors (Lipinski definition) is 5. The lowest BCUT2D eigenvalue weighted by Crippen LogP contribution is -2.48. The molecule has 20 heavy (non-hydrogen) atoms. The van der Waals surface area contributed by atoms with E-state index in [2.05, 4.69) is 21.2 Å². The molecule has 0 saturated heterocycles. The van der Waals surface area contributed by atoms with Gasteiger partial charge in [0.25, 0.3) is 5.69 Å². The summed E-state index contributed by atoms with van der Waals surface area (Å²) in [7, 11) is 1.55. The number of likely N-dealkylation sites (N-methyl/N-ethyl adjacent to an activating group) is 1. The van der Waals surface area contributed by atoms with Crippen LogP contribution in [0.1, 0.15) is 13.3 Å². The predicted octanol–water partition coefficient (Wildman–Crippen LogP) is 2.19. The Morgan fingerprint density at radius 1 is 1.60 bits per heavy atom. The number of aliphatic carboxylic acids is 1. The van der Waals surface area contributed by atoms with E-state index >= 15 is 0 Å². The molecular weight excluding hydrogens is 332 g/mol. The normalized spacial score (nSPS) is 13.6. The molecule has 2 N–H and O–H groups in total. The van der Waals surface area contributed by atoms with Crippen LogP contribution in [0.2, 0.25) is 0 Å². The molecule has 8 heteroatoms. The molecule has 1 aromatic carbocycles. The highest BCUT2D eigenvalue weighted by Gasteiger charge is 2.30. The zero-order chi connectivity index (χ0) is 15.3. The summed E-state index contributed by atoms with van der Waals surface area (Å²) >= 11 is 3.23. The van der Waals surface area contributed by atoms with E-state index in [1.165, 1.54) is 18.2 Å². The average molecular weight is 347 g/mol. The lowest BCUT2D eigenvalue weighted by molar-refractivity contribution is -0.385. The SMILES string of the molecule is CNC(C)(CCOc1cc([N+](=O)[O-])ccc1Br)C(=O)O. The van der Waals surface area contributed by atoms with E-state index in [9.17, 15) is 14.9 Å². The van der Waals surface area contributed by atoms with Crippen LogP contribution in [0.25, 0.3) is 0 Å². The van der Waals surface area contributed by atoms with Gasteiger partial charge in [0.05, 0.1) is 22.1 Å². The van der Waals surface area contributed by atoms with E-state index in [1.807, 2.05) is 0 Å². The number of nitrogens with one attached hydrogen (secondary N) is 1. The van der Waals surface area contributed by atoms with Gasteiger partial charge in [-0.25, -0.2) is 0 Å². The van der Waals surface area contributed by atoms with Crippen molar-refractivity contribution < 1.29 is 19.6 Å². The smallest absolute Gasteiger partial charge is 0.323 e. The van der Waals surface area contributed by atoms with Crippen LogP contribution in [0.3, 0.4) is 0 Å². The molecule has 7 nitrogen and oxygen atoms in total. The van der Waals surface area contributed by atoms with Crippen LogP contribution in [0.15, 0.2) is 22.7 Å². The maximum absolute atomic E-state index is 11.1. The van der Waals surface area contributed by atoms with Crippen molar-refractivity contribution in [2.24, 2.45) is 0 Å². The van der Waals surface area contributed by atoms with Gasteiger partial charge >= 0.3 is 5.97 Å². The van der Waals surface area contributed by atoms with Crippen molar-refractivity contribution in [3.8, 4) is 5.75 Å². The van der Waals surface area contributed by atoms with Crippen molar-refractivity contribution in [3.63, 3.8) is 0 Å². The molecule has 0 saturated carbocycles. The Kier molecular flexibility index (Phi) is 5.46. The largest absolute Gasteiger partial charge is 0.492 e. The highest BCUT2D eigenvalue weighted by Crippen LogP contribution is 2.29. The molecule has 0 heterocycles. The topological polar surface area (TPSA) is 102 Å². The third-order valence-electron chi connectivity index (χ3n) is 3.01. The number of hydrogen-bond donors (Lipinski definition) is 2.